The molecule has 0 unspecified atom stereocenters. The summed E-state index contributed by atoms with van der Waals surface area (Å²) in [6, 6.07) is 18.5. The zero-order chi connectivity index (χ0) is 25.4. The molecule has 0 saturated heterocycles. The van der Waals surface area contributed by atoms with Crippen molar-refractivity contribution >= 4 is 45.1 Å². The minimum atomic E-state index is -3.41. The van der Waals surface area contributed by atoms with E-state index in [0.29, 0.717) is 28.2 Å². The average molecular weight is 498 g/mol. The highest BCUT2D eigenvalue weighted by Gasteiger charge is 2.11. The Morgan fingerprint density at radius 1 is 0.771 bits per heavy atom. The fourth-order valence-corrected chi connectivity index (χ4v) is 3.47. The van der Waals surface area contributed by atoms with Crippen molar-refractivity contribution in [1.29, 1.82) is 0 Å². The second-order valence-corrected chi connectivity index (χ2v) is 9.00. The molecule has 0 atom stereocenters. The van der Waals surface area contributed by atoms with Gasteiger partial charge in [0, 0.05) is 28.2 Å². The van der Waals surface area contributed by atoms with Crippen LogP contribution in [0.25, 0.3) is 0 Å². The van der Waals surface area contributed by atoms with Gasteiger partial charge in [-0.25, -0.2) is 13.2 Å². The number of carbonyl (C=O) groups is 3. The van der Waals surface area contributed by atoms with E-state index in [2.05, 4.69) is 15.4 Å². The van der Waals surface area contributed by atoms with E-state index in [4.69, 9.17) is 9.47 Å². The van der Waals surface area contributed by atoms with Gasteiger partial charge < -0.3 is 20.1 Å². The van der Waals surface area contributed by atoms with Gasteiger partial charge in [0.05, 0.1) is 12.9 Å². The van der Waals surface area contributed by atoms with Crippen LogP contribution in [-0.4, -0.2) is 39.3 Å². The van der Waals surface area contributed by atoms with E-state index in [0.717, 1.165) is 6.26 Å². The number of hydrogen-bond acceptors (Lipinski definition) is 7. The van der Waals surface area contributed by atoms with Crippen LogP contribution in [0.4, 0.5) is 21.9 Å². The van der Waals surface area contributed by atoms with E-state index in [9.17, 15) is 22.8 Å². The van der Waals surface area contributed by atoms with E-state index >= 15 is 0 Å². The Hall–Kier alpha value is -4.38. The normalized spacial score (nSPS) is 10.7. The second kappa shape index (κ2) is 11.2. The summed E-state index contributed by atoms with van der Waals surface area (Å²) in [7, 11) is -3.41. The number of nitrogens with one attached hydrogen (secondary N) is 3. The highest BCUT2D eigenvalue weighted by Crippen LogP contribution is 2.19. The lowest BCUT2D eigenvalue weighted by atomic mass is 10.2. The van der Waals surface area contributed by atoms with Gasteiger partial charge in [-0.1, -0.05) is 6.07 Å². The van der Waals surface area contributed by atoms with E-state index in [1.807, 2.05) is 0 Å². The molecule has 3 rings (SSSR count). The van der Waals surface area contributed by atoms with E-state index in [-0.39, 0.29) is 12.4 Å². The first kappa shape index (κ1) is 25.2. The van der Waals surface area contributed by atoms with Gasteiger partial charge in [-0.2, -0.15) is 0 Å². The fourth-order valence-electron chi connectivity index (χ4n) is 2.90. The van der Waals surface area contributed by atoms with Gasteiger partial charge in [0.15, 0.2) is 0 Å². The molecule has 0 aromatic heterocycles. The number of anilines is 3. The maximum atomic E-state index is 12.6. The number of sulfonamides is 1. The summed E-state index contributed by atoms with van der Waals surface area (Å²) in [5.74, 6) is -0.563. The van der Waals surface area contributed by atoms with Crippen molar-refractivity contribution in [3.63, 3.8) is 0 Å². The van der Waals surface area contributed by atoms with E-state index < -0.39 is 28.0 Å². The smallest absolute Gasteiger partial charge is 0.434 e. The molecule has 3 aromatic rings. The summed E-state index contributed by atoms with van der Waals surface area (Å²) in [4.78, 5) is 36.4. The third-order valence-electron chi connectivity index (χ3n) is 4.41. The van der Waals surface area contributed by atoms with Crippen molar-refractivity contribution in [2.75, 3.05) is 28.2 Å². The highest BCUT2D eigenvalue weighted by atomic mass is 32.2. The molecule has 182 valence electrons. The Bertz CT molecular complexity index is 1320. The molecular weight excluding hydrogens is 474 g/mol. The molecule has 0 aliphatic heterocycles. The minimum Gasteiger partial charge on any atom is -0.434 e. The predicted molar refractivity (Wildman–Crippen MR) is 131 cm³/mol. The third kappa shape index (κ3) is 7.86. The maximum Gasteiger partial charge on any atom is 0.513 e. The highest BCUT2D eigenvalue weighted by molar-refractivity contribution is 7.92. The van der Waals surface area contributed by atoms with Crippen molar-refractivity contribution in [2.45, 2.75) is 6.92 Å². The van der Waals surface area contributed by atoms with Crippen LogP contribution >= 0.6 is 0 Å². The Labute approximate surface area is 202 Å². The number of amides is 2. The zero-order valence-corrected chi connectivity index (χ0v) is 19.7. The molecule has 35 heavy (non-hydrogen) atoms. The SMILES string of the molecule is CCOC(=O)Oc1ccc(C(=O)Nc2cccc(NC(=O)c3ccc(NS(C)(=O)=O)cc3)c2)cc1. The van der Waals surface area contributed by atoms with E-state index in [1.54, 1.807) is 31.2 Å². The largest absolute Gasteiger partial charge is 0.513 e. The number of carbonyl (C=O) groups excluding carboxylic acids is 3. The number of benzene rings is 3. The molecule has 0 aliphatic carbocycles. The van der Waals surface area contributed by atoms with Crippen molar-refractivity contribution in [1.82, 2.24) is 0 Å². The first-order valence-corrected chi connectivity index (χ1v) is 12.3. The van der Waals surface area contributed by atoms with E-state index in [1.165, 1.54) is 48.5 Å². The van der Waals surface area contributed by atoms with Crippen molar-refractivity contribution < 1.29 is 32.3 Å². The van der Waals surface area contributed by atoms with Gasteiger partial charge in [0.2, 0.25) is 10.0 Å². The number of hydrogen-bond donors (Lipinski definition) is 3. The van der Waals surface area contributed by atoms with Gasteiger partial charge in [0.25, 0.3) is 11.8 Å². The van der Waals surface area contributed by atoms with Crippen LogP contribution < -0.4 is 20.1 Å². The molecule has 3 aromatic carbocycles. The predicted octanol–water partition coefficient (Wildman–Crippen LogP) is 4.10. The lowest BCUT2D eigenvalue weighted by Gasteiger charge is -2.10. The topological polar surface area (TPSA) is 140 Å². The molecule has 0 spiro atoms. The summed E-state index contributed by atoms with van der Waals surface area (Å²) >= 11 is 0. The molecule has 0 bridgehead atoms. The summed E-state index contributed by atoms with van der Waals surface area (Å²) in [6.45, 7) is 1.85. The monoisotopic (exact) mass is 497 g/mol. The van der Waals surface area contributed by atoms with Crippen LogP contribution in [-0.2, 0) is 14.8 Å². The molecule has 3 N–H and O–H groups in total. The Kier molecular flexibility index (Phi) is 8.05. The standard InChI is InChI=1S/C24H23N3O7S/c1-3-33-24(30)34-21-13-9-17(10-14-21)23(29)26-20-6-4-5-19(15-20)25-22(28)16-7-11-18(12-8-16)27-35(2,31)32/h4-15,27H,3H2,1-2H3,(H,25,28)(H,26,29). The first-order valence-electron chi connectivity index (χ1n) is 10.4. The molecule has 0 radical (unpaired) electrons. The van der Waals surface area contributed by atoms with Gasteiger partial charge in [0.1, 0.15) is 5.75 Å². The molecule has 0 aliphatic rings. The molecule has 0 saturated carbocycles. The minimum absolute atomic E-state index is 0.188. The van der Waals surface area contributed by atoms with Crippen LogP contribution in [0.2, 0.25) is 0 Å². The van der Waals surface area contributed by atoms with Crippen molar-refractivity contribution in [3.05, 3.63) is 83.9 Å². The summed E-state index contributed by atoms with van der Waals surface area (Å²) < 4.78 is 34.6. The second-order valence-electron chi connectivity index (χ2n) is 7.25. The van der Waals surface area contributed by atoms with Gasteiger partial charge in [-0.15, -0.1) is 0 Å². The number of rotatable bonds is 8. The molecular formula is C24H23N3O7S. The van der Waals surface area contributed by atoms with Crippen molar-refractivity contribution in [3.8, 4) is 5.75 Å². The maximum absolute atomic E-state index is 12.6. The zero-order valence-electron chi connectivity index (χ0n) is 18.9. The molecule has 2 amide bonds. The average Bonchev–Trinajstić information content (AvgIpc) is 2.79. The van der Waals surface area contributed by atoms with Gasteiger partial charge in [-0.05, 0) is 73.7 Å². The third-order valence-corrected chi connectivity index (χ3v) is 5.02. The summed E-state index contributed by atoms with van der Waals surface area (Å²) in [5.41, 5.74) is 1.90. The number of ether oxygens (including phenoxy) is 2. The van der Waals surface area contributed by atoms with Gasteiger partial charge >= 0.3 is 6.16 Å². The quantitative estimate of drug-likeness (QED) is 0.314. The Morgan fingerprint density at radius 3 is 1.77 bits per heavy atom. The Balaban J connectivity index is 1.61. The van der Waals surface area contributed by atoms with Crippen LogP contribution in [0.15, 0.2) is 72.8 Å². The molecule has 10 nitrogen and oxygen atoms in total. The summed E-state index contributed by atoms with van der Waals surface area (Å²) in [6.07, 6.45) is 0.208. The summed E-state index contributed by atoms with van der Waals surface area (Å²) in [5, 5.41) is 5.46. The Morgan fingerprint density at radius 2 is 1.29 bits per heavy atom. The first-order chi connectivity index (χ1) is 16.6. The van der Waals surface area contributed by atoms with Crippen LogP contribution in [0.1, 0.15) is 27.6 Å². The fraction of sp³-hybridized carbons (Fsp3) is 0.125. The van der Waals surface area contributed by atoms with Crippen LogP contribution in [0.5, 0.6) is 5.75 Å². The molecule has 0 fully saturated rings. The lowest BCUT2D eigenvalue weighted by molar-refractivity contribution is 0.101. The van der Waals surface area contributed by atoms with Crippen LogP contribution in [0.3, 0.4) is 0 Å². The van der Waals surface area contributed by atoms with Gasteiger partial charge in [-0.3, -0.25) is 14.3 Å². The lowest BCUT2D eigenvalue weighted by Crippen LogP contribution is -2.14. The van der Waals surface area contributed by atoms with Crippen molar-refractivity contribution in [2.24, 2.45) is 0 Å². The molecule has 11 heteroatoms. The van der Waals surface area contributed by atoms with Crippen LogP contribution in [0, 0.1) is 0 Å². The molecule has 0 heterocycles.